The maximum absolute atomic E-state index is 12.4. The van der Waals surface area contributed by atoms with Gasteiger partial charge in [0.25, 0.3) is 0 Å². The Morgan fingerprint density at radius 1 is 1.24 bits per heavy atom. The van der Waals surface area contributed by atoms with Gasteiger partial charge >= 0.3 is 6.18 Å². The number of nitrogens with zero attached hydrogens (tertiary/aromatic N) is 1. The molecule has 0 amide bonds. The highest BCUT2D eigenvalue weighted by Gasteiger charge is 2.35. The summed E-state index contributed by atoms with van der Waals surface area (Å²) >= 11 is 0. The van der Waals surface area contributed by atoms with E-state index in [1.54, 1.807) is 20.8 Å². The zero-order valence-electron chi connectivity index (χ0n) is 10.9. The average Bonchev–Trinajstić information content (AvgIpc) is 2.11. The van der Waals surface area contributed by atoms with Crippen LogP contribution in [0.4, 0.5) is 13.2 Å². The lowest BCUT2D eigenvalue weighted by Crippen LogP contribution is -2.49. The molecule has 0 fully saturated rings. The summed E-state index contributed by atoms with van der Waals surface area (Å²) in [4.78, 5) is 1.32. The van der Waals surface area contributed by atoms with Crippen LogP contribution in [0.1, 0.15) is 34.1 Å². The standard InChI is InChI=1S/C11H23F3N2O/c1-8(2)16(7-11(12,13)14)9(3)5-10(4,17)6-15/h8-9,17H,5-7,15H2,1-4H3. The molecule has 0 heterocycles. The molecule has 104 valence electrons. The SMILES string of the molecule is CC(C)N(CC(F)(F)F)C(C)CC(C)(O)CN. The van der Waals surface area contributed by atoms with E-state index < -0.39 is 18.3 Å². The lowest BCUT2D eigenvalue weighted by atomic mass is 9.96. The third-order valence-corrected chi connectivity index (χ3v) is 2.77. The second-order valence-electron chi connectivity index (χ2n) is 5.14. The van der Waals surface area contributed by atoms with Crippen molar-refractivity contribution in [3.63, 3.8) is 0 Å². The molecular weight excluding hydrogens is 233 g/mol. The normalized spacial score (nSPS) is 18.5. The van der Waals surface area contributed by atoms with Crippen molar-refractivity contribution < 1.29 is 18.3 Å². The molecule has 0 aliphatic carbocycles. The minimum atomic E-state index is -4.23. The van der Waals surface area contributed by atoms with Gasteiger partial charge in [-0.05, 0) is 34.1 Å². The lowest BCUT2D eigenvalue weighted by Gasteiger charge is -2.36. The molecule has 3 nitrogen and oxygen atoms in total. The Labute approximate surface area is 101 Å². The van der Waals surface area contributed by atoms with Crippen molar-refractivity contribution >= 4 is 0 Å². The van der Waals surface area contributed by atoms with E-state index in [4.69, 9.17) is 5.73 Å². The zero-order valence-corrected chi connectivity index (χ0v) is 10.9. The van der Waals surface area contributed by atoms with Crippen LogP contribution in [-0.4, -0.2) is 47.0 Å². The molecule has 6 heteroatoms. The largest absolute Gasteiger partial charge is 0.401 e. The number of hydrogen-bond donors (Lipinski definition) is 2. The van der Waals surface area contributed by atoms with Crippen LogP contribution in [0.25, 0.3) is 0 Å². The second-order valence-corrected chi connectivity index (χ2v) is 5.14. The van der Waals surface area contributed by atoms with Gasteiger partial charge in [0.15, 0.2) is 0 Å². The van der Waals surface area contributed by atoms with Gasteiger partial charge in [0, 0.05) is 18.6 Å². The summed E-state index contributed by atoms with van der Waals surface area (Å²) in [5.74, 6) is 0. The van der Waals surface area contributed by atoms with E-state index in [0.29, 0.717) is 0 Å². The molecule has 2 unspecified atom stereocenters. The number of nitrogens with two attached hydrogens (primary N) is 1. The second kappa shape index (κ2) is 6.02. The number of hydrogen-bond acceptors (Lipinski definition) is 3. The van der Waals surface area contributed by atoms with Gasteiger partial charge in [-0.3, -0.25) is 4.90 Å². The van der Waals surface area contributed by atoms with Crippen LogP contribution < -0.4 is 5.73 Å². The van der Waals surface area contributed by atoms with Gasteiger partial charge in [-0.2, -0.15) is 13.2 Å². The molecule has 0 saturated heterocycles. The summed E-state index contributed by atoms with van der Waals surface area (Å²) in [5.41, 5.74) is 4.24. The van der Waals surface area contributed by atoms with Crippen LogP contribution in [-0.2, 0) is 0 Å². The fourth-order valence-electron chi connectivity index (χ4n) is 1.89. The predicted molar refractivity (Wildman–Crippen MR) is 61.7 cm³/mol. The summed E-state index contributed by atoms with van der Waals surface area (Å²) in [7, 11) is 0. The molecule has 0 aromatic rings. The van der Waals surface area contributed by atoms with E-state index >= 15 is 0 Å². The minimum Gasteiger partial charge on any atom is -0.389 e. The molecule has 0 spiro atoms. The van der Waals surface area contributed by atoms with Gasteiger partial charge in [0.05, 0.1) is 12.1 Å². The highest BCUT2D eigenvalue weighted by atomic mass is 19.4. The van der Waals surface area contributed by atoms with Crippen LogP contribution in [0.15, 0.2) is 0 Å². The first kappa shape index (κ1) is 16.7. The van der Waals surface area contributed by atoms with Gasteiger partial charge in [-0.25, -0.2) is 0 Å². The Hall–Kier alpha value is -0.330. The number of alkyl halides is 3. The molecule has 0 aromatic carbocycles. The first-order chi connectivity index (χ1) is 7.48. The summed E-state index contributed by atoms with van der Waals surface area (Å²) in [6.07, 6.45) is -4.01. The van der Waals surface area contributed by atoms with Gasteiger partial charge in [-0.1, -0.05) is 0 Å². The number of aliphatic hydroxyl groups is 1. The molecule has 0 aliphatic rings. The predicted octanol–water partition coefficient (Wildman–Crippen LogP) is 1.75. The van der Waals surface area contributed by atoms with Crippen LogP contribution >= 0.6 is 0 Å². The van der Waals surface area contributed by atoms with Crippen molar-refractivity contribution in [3.8, 4) is 0 Å². The van der Waals surface area contributed by atoms with Crippen LogP contribution in [0.2, 0.25) is 0 Å². The van der Waals surface area contributed by atoms with Gasteiger partial charge in [0.1, 0.15) is 0 Å². The zero-order chi connectivity index (χ0) is 13.9. The molecule has 0 rings (SSSR count). The molecular formula is C11H23F3N2O. The van der Waals surface area contributed by atoms with Gasteiger partial charge in [0.2, 0.25) is 0 Å². The van der Waals surface area contributed by atoms with E-state index in [0.717, 1.165) is 0 Å². The van der Waals surface area contributed by atoms with Crippen molar-refractivity contribution in [2.75, 3.05) is 13.1 Å². The Morgan fingerprint density at radius 3 is 2.00 bits per heavy atom. The monoisotopic (exact) mass is 256 g/mol. The Balaban J connectivity index is 4.61. The van der Waals surface area contributed by atoms with Gasteiger partial charge in [-0.15, -0.1) is 0 Å². The quantitative estimate of drug-likeness (QED) is 0.761. The highest BCUT2D eigenvalue weighted by molar-refractivity contribution is 4.83. The van der Waals surface area contributed by atoms with E-state index in [-0.39, 0.29) is 25.0 Å². The lowest BCUT2D eigenvalue weighted by molar-refractivity contribution is -0.157. The average molecular weight is 256 g/mol. The topological polar surface area (TPSA) is 49.5 Å². The number of halogens is 3. The van der Waals surface area contributed by atoms with Gasteiger partial charge < -0.3 is 10.8 Å². The molecule has 3 N–H and O–H groups in total. The molecule has 0 saturated carbocycles. The third-order valence-electron chi connectivity index (χ3n) is 2.77. The summed E-state index contributed by atoms with van der Waals surface area (Å²) in [6, 6.07) is -0.615. The molecule has 2 atom stereocenters. The first-order valence-electron chi connectivity index (χ1n) is 5.73. The van der Waals surface area contributed by atoms with Crippen molar-refractivity contribution in [1.82, 2.24) is 4.90 Å². The third kappa shape index (κ3) is 6.85. The van der Waals surface area contributed by atoms with E-state index in [9.17, 15) is 18.3 Å². The molecule has 17 heavy (non-hydrogen) atoms. The smallest absolute Gasteiger partial charge is 0.389 e. The Bertz CT molecular complexity index is 229. The molecule has 0 aromatic heterocycles. The van der Waals surface area contributed by atoms with Crippen molar-refractivity contribution in [2.24, 2.45) is 5.73 Å². The number of rotatable bonds is 6. The van der Waals surface area contributed by atoms with Crippen molar-refractivity contribution in [1.29, 1.82) is 0 Å². The molecule has 0 aliphatic heterocycles. The minimum absolute atomic E-state index is 0.0370. The maximum atomic E-state index is 12.4. The van der Waals surface area contributed by atoms with Crippen LogP contribution in [0, 0.1) is 0 Å². The Morgan fingerprint density at radius 2 is 1.71 bits per heavy atom. The summed E-state index contributed by atoms with van der Waals surface area (Å²) < 4.78 is 37.2. The van der Waals surface area contributed by atoms with Crippen LogP contribution in [0.5, 0.6) is 0 Å². The fraction of sp³-hybridized carbons (Fsp3) is 1.00. The van der Waals surface area contributed by atoms with E-state index in [2.05, 4.69) is 0 Å². The fourth-order valence-corrected chi connectivity index (χ4v) is 1.89. The first-order valence-corrected chi connectivity index (χ1v) is 5.73. The van der Waals surface area contributed by atoms with E-state index in [1.165, 1.54) is 11.8 Å². The van der Waals surface area contributed by atoms with E-state index in [1.807, 2.05) is 0 Å². The van der Waals surface area contributed by atoms with Crippen molar-refractivity contribution in [2.45, 2.75) is 58.0 Å². The molecule has 0 bridgehead atoms. The van der Waals surface area contributed by atoms with Crippen LogP contribution in [0.3, 0.4) is 0 Å². The maximum Gasteiger partial charge on any atom is 0.401 e. The Kier molecular flexibility index (Phi) is 5.90. The summed E-state index contributed by atoms with van der Waals surface area (Å²) in [5, 5.41) is 9.79. The summed E-state index contributed by atoms with van der Waals surface area (Å²) in [6.45, 7) is 5.70. The van der Waals surface area contributed by atoms with Crippen molar-refractivity contribution in [3.05, 3.63) is 0 Å². The molecule has 0 radical (unpaired) electrons. The highest BCUT2D eigenvalue weighted by Crippen LogP contribution is 2.23.